The molecule has 1 aromatic carbocycles. The quantitative estimate of drug-likeness (QED) is 0.792. The first-order chi connectivity index (χ1) is 11.0. The molecule has 23 heavy (non-hydrogen) atoms. The molecule has 3 rings (SSSR count). The first kappa shape index (κ1) is 15.1. The van der Waals surface area contributed by atoms with E-state index >= 15 is 0 Å². The van der Waals surface area contributed by atoms with Gasteiger partial charge in [-0.3, -0.25) is 4.79 Å². The van der Waals surface area contributed by atoms with Crippen LogP contribution in [-0.4, -0.2) is 15.7 Å². The maximum Gasteiger partial charge on any atom is 0.438 e. The number of benzene rings is 1. The molecule has 118 valence electrons. The summed E-state index contributed by atoms with van der Waals surface area (Å²) in [6.45, 7) is 1.54. The van der Waals surface area contributed by atoms with E-state index in [1.165, 1.54) is 6.26 Å². The largest absolute Gasteiger partial charge is 0.459 e. The molecule has 0 fully saturated rings. The predicted molar refractivity (Wildman–Crippen MR) is 83.3 cm³/mol. The zero-order valence-electron chi connectivity index (χ0n) is 12.0. The van der Waals surface area contributed by atoms with Crippen molar-refractivity contribution in [3.63, 3.8) is 0 Å². The molecule has 0 spiro atoms. The zero-order valence-corrected chi connectivity index (χ0v) is 12.8. The third kappa shape index (κ3) is 3.19. The fourth-order valence-corrected chi connectivity index (χ4v) is 2.05. The average Bonchev–Trinajstić information content (AvgIpc) is 3.18. The Bertz CT molecular complexity index is 865. The number of nitrogens with zero attached hydrogens (tertiary/aromatic N) is 2. The zero-order chi connectivity index (χ0) is 16.4. The second-order valence-electron chi connectivity index (χ2n) is 4.77. The SMILES string of the molecule is C[C@@H](C(=O)Nc1ccc(Cl)cc1)n1nc(-c2ccco2)oc1=O. The summed E-state index contributed by atoms with van der Waals surface area (Å²) in [6, 6.07) is 9.02. The molecule has 0 saturated carbocycles. The number of hydrogen-bond donors (Lipinski definition) is 1. The summed E-state index contributed by atoms with van der Waals surface area (Å²) >= 11 is 5.79. The van der Waals surface area contributed by atoms with Crippen LogP contribution in [0.2, 0.25) is 5.02 Å². The molecule has 0 saturated heterocycles. The van der Waals surface area contributed by atoms with E-state index in [1.807, 2.05) is 0 Å². The van der Waals surface area contributed by atoms with Gasteiger partial charge in [0.05, 0.1) is 6.26 Å². The number of anilines is 1. The fraction of sp³-hybridized carbons (Fsp3) is 0.133. The topological polar surface area (TPSA) is 90.3 Å². The van der Waals surface area contributed by atoms with Crippen LogP contribution in [0.5, 0.6) is 0 Å². The van der Waals surface area contributed by atoms with E-state index in [0.29, 0.717) is 16.5 Å². The molecule has 8 heteroatoms. The summed E-state index contributed by atoms with van der Waals surface area (Å²) in [7, 11) is 0. The number of furan rings is 1. The second-order valence-corrected chi connectivity index (χ2v) is 5.20. The molecule has 0 unspecified atom stereocenters. The predicted octanol–water partition coefficient (Wildman–Crippen LogP) is 2.95. The lowest BCUT2D eigenvalue weighted by atomic mass is 10.3. The molecular weight excluding hydrogens is 322 g/mol. The van der Waals surface area contributed by atoms with Crippen molar-refractivity contribution in [3.05, 3.63) is 58.2 Å². The van der Waals surface area contributed by atoms with Crippen LogP contribution in [0.15, 0.2) is 56.3 Å². The minimum Gasteiger partial charge on any atom is -0.459 e. The minimum absolute atomic E-state index is 0.0196. The number of carbonyl (C=O) groups excluding carboxylic acids is 1. The van der Waals surface area contributed by atoms with Crippen LogP contribution in [-0.2, 0) is 4.79 Å². The normalized spacial score (nSPS) is 12.1. The summed E-state index contributed by atoms with van der Waals surface area (Å²) in [5.74, 6) is -0.818. The Kier molecular flexibility index (Phi) is 4.03. The van der Waals surface area contributed by atoms with Crippen molar-refractivity contribution in [2.75, 3.05) is 5.32 Å². The van der Waals surface area contributed by atoms with Gasteiger partial charge < -0.3 is 14.2 Å². The Morgan fingerprint density at radius 3 is 2.70 bits per heavy atom. The summed E-state index contributed by atoms with van der Waals surface area (Å²) in [4.78, 5) is 24.1. The number of carbonyl (C=O) groups is 1. The van der Waals surface area contributed by atoms with E-state index in [0.717, 1.165) is 4.68 Å². The Hall–Kier alpha value is -2.80. The molecule has 0 bridgehead atoms. The standard InChI is InChI=1S/C15H12ClN3O4/c1-9(13(20)17-11-6-4-10(16)5-7-11)19-15(21)23-14(18-19)12-3-2-8-22-12/h2-9H,1H3,(H,17,20)/t9-/m0/s1. The van der Waals surface area contributed by atoms with Gasteiger partial charge in [-0.05, 0) is 43.3 Å². The fourth-order valence-electron chi connectivity index (χ4n) is 1.92. The van der Waals surface area contributed by atoms with Crippen molar-refractivity contribution in [1.29, 1.82) is 0 Å². The van der Waals surface area contributed by atoms with E-state index in [9.17, 15) is 9.59 Å². The van der Waals surface area contributed by atoms with Gasteiger partial charge in [-0.1, -0.05) is 11.6 Å². The number of rotatable bonds is 4. The lowest BCUT2D eigenvalue weighted by Gasteiger charge is -2.10. The third-order valence-electron chi connectivity index (χ3n) is 3.16. The van der Waals surface area contributed by atoms with Crippen LogP contribution >= 0.6 is 11.6 Å². The summed E-state index contributed by atoms with van der Waals surface area (Å²) in [5, 5.41) is 7.23. The van der Waals surface area contributed by atoms with Crippen LogP contribution in [0.4, 0.5) is 5.69 Å². The van der Waals surface area contributed by atoms with Crippen molar-refractivity contribution in [2.45, 2.75) is 13.0 Å². The monoisotopic (exact) mass is 333 g/mol. The van der Waals surface area contributed by atoms with Crippen molar-refractivity contribution >= 4 is 23.2 Å². The summed E-state index contributed by atoms with van der Waals surface area (Å²) in [6.07, 6.45) is 1.44. The van der Waals surface area contributed by atoms with E-state index in [1.54, 1.807) is 43.3 Å². The first-order valence-corrected chi connectivity index (χ1v) is 7.12. The highest BCUT2D eigenvalue weighted by Gasteiger charge is 2.22. The van der Waals surface area contributed by atoms with Gasteiger partial charge in [0.15, 0.2) is 5.76 Å². The van der Waals surface area contributed by atoms with Crippen LogP contribution in [0, 0.1) is 0 Å². The van der Waals surface area contributed by atoms with Gasteiger partial charge in [-0.2, -0.15) is 4.68 Å². The molecule has 0 aliphatic rings. The Labute approximate surface area is 135 Å². The average molecular weight is 334 g/mol. The molecule has 0 aliphatic heterocycles. The maximum absolute atomic E-state index is 12.2. The smallest absolute Gasteiger partial charge is 0.438 e. The van der Waals surface area contributed by atoms with Crippen molar-refractivity contribution in [1.82, 2.24) is 9.78 Å². The molecule has 2 aromatic heterocycles. The Morgan fingerprint density at radius 1 is 1.30 bits per heavy atom. The van der Waals surface area contributed by atoms with Crippen molar-refractivity contribution < 1.29 is 13.6 Å². The molecule has 1 N–H and O–H groups in total. The lowest BCUT2D eigenvalue weighted by Crippen LogP contribution is -2.30. The lowest BCUT2D eigenvalue weighted by molar-refractivity contribution is -0.119. The van der Waals surface area contributed by atoms with E-state index in [-0.39, 0.29) is 5.89 Å². The molecule has 7 nitrogen and oxygen atoms in total. The Morgan fingerprint density at radius 2 is 2.04 bits per heavy atom. The van der Waals surface area contributed by atoms with Gasteiger partial charge >= 0.3 is 5.76 Å². The number of amides is 1. The van der Waals surface area contributed by atoms with Crippen molar-refractivity contribution in [3.8, 4) is 11.7 Å². The molecule has 1 atom stereocenters. The molecule has 3 aromatic rings. The first-order valence-electron chi connectivity index (χ1n) is 6.74. The van der Waals surface area contributed by atoms with E-state index in [4.69, 9.17) is 20.4 Å². The number of nitrogens with one attached hydrogen (secondary N) is 1. The van der Waals surface area contributed by atoms with Gasteiger partial charge in [0.2, 0.25) is 5.91 Å². The highest BCUT2D eigenvalue weighted by Crippen LogP contribution is 2.18. The molecule has 2 heterocycles. The third-order valence-corrected chi connectivity index (χ3v) is 3.41. The highest BCUT2D eigenvalue weighted by atomic mass is 35.5. The van der Waals surface area contributed by atoms with Gasteiger partial charge in [0.1, 0.15) is 6.04 Å². The van der Waals surface area contributed by atoms with Gasteiger partial charge in [0, 0.05) is 10.7 Å². The maximum atomic E-state index is 12.2. The number of halogens is 1. The van der Waals surface area contributed by atoms with Crippen LogP contribution in [0.1, 0.15) is 13.0 Å². The molecular formula is C15H12ClN3O4. The Balaban J connectivity index is 1.79. The van der Waals surface area contributed by atoms with Crippen molar-refractivity contribution in [2.24, 2.45) is 0 Å². The van der Waals surface area contributed by atoms with Crippen LogP contribution in [0.25, 0.3) is 11.7 Å². The summed E-state index contributed by atoms with van der Waals surface area (Å²) < 4.78 is 11.1. The van der Waals surface area contributed by atoms with E-state index in [2.05, 4.69) is 10.4 Å². The number of aromatic nitrogens is 2. The van der Waals surface area contributed by atoms with Gasteiger partial charge in [-0.15, -0.1) is 5.10 Å². The van der Waals surface area contributed by atoms with Gasteiger partial charge in [0.25, 0.3) is 5.89 Å². The highest BCUT2D eigenvalue weighted by molar-refractivity contribution is 6.30. The van der Waals surface area contributed by atoms with Crippen LogP contribution in [0.3, 0.4) is 0 Å². The molecule has 0 radical (unpaired) electrons. The second kappa shape index (κ2) is 6.13. The molecule has 1 amide bonds. The van der Waals surface area contributed by atoms with Crippen LogP contribution < -0.4 is 11.1 Å². The number of hydrogen-bond acceptors (Lipinski definition) is 5. The van der Waals surface area contributed by atoms with Gasteiger partial charge in [-0.25, -0.2) is 4.79 Å². The van der Waals surface area contributed by atoms with E-state index < -0.39 is 17.7 Å². The minimum atomic E-state index is -0.856. The summed E-state index contributed by atoms with van der Waals surface area (Å²) in [5.41, 5.74) is 0.564. The molecule has 0 aliphatic carbocycles.